The van der Waals surface area contributed by atoms with Gasteiger partial charge in [-0.1, -0.05) is 0 Å². The minimum Gasteiger partial charge on any atom is -0.494 e. The van der Waals surface area contributed by atoms with Crippen molar-refractivity contribution in [2.75, 3.05) is 12.3 Å². The highest BCUT2D eigenvalue weighted by Gasteiger charge is 2.58. The van der Waals surface area contributed by atoms with E-state index in [9.17, 15) is 26.3 Å². The molecule has 0 amide bonds. The number of nitrogens with two attached hydrogens (primary N) is 1. The van der Waals surface area contributed by atoms with Gasteiger partial charge in [0.05, 0.1) is 13.2 Å². The Bertz CT molecular complexity index is 458. The summed E-state index contributed by atoms with van der Waals surface area (Å²) in [4.78, 5) is 0. The van der Waals surface area contributed by atoms with Crippen LogP contribution in [0.3, 0.4) is 0 Å². The van der Waals surface area contributed by atoms with Crippen LogP contribution in [0.2, 0.25) is 0 Å². The Morgan fingerprint density at radius 1 is 1.10 bits per heavy atom. The zero-order chi connectivity index (χ0) is 16.3. The maximum Gasteiger partial charge on any atom is 0.423 e. The number of ether oxygens (including phenoxy) is 2. The molecule has 120 valence electrons. The van der Waals surface area contributed by atoms with E-state index in [1.807, 2.05) is 0 Å². The van der Waals surface area contributed by atoms with Crippen LogP contribution in [0.5, 0.6) is 5.75 Å². The molecule has 0 bridgehead atoms. The molecule has 0 aliphatic carbocycles. The number of benzene rings is 1. The van der Waals surface area contributed by atoms with E-state index < -0.39 is 25.1 Å². The van der Waals surface area contributed by atoms with Crippen LogP contribution in [-0.2, 0) is 11.3 Å². The molecule has 0 atom stereocenters. The average Bonchev–Trinajstić information content (AvgIpc) is 2.29. The predicted molar refractivity (Wildman–Crippen MR) is 62.7 cm³/mol. The maximum absolute atomic E-state index is 12.3. The first-order valence-electron chi connectivity index (χ1n) is 5.82. The zero-order valence-corrected chi connectivity index (χ0v) is 10.9. The summed E-state index contributed by atoms with van der Waals surface area (Å²) in [6, 6.07) is 3.97. The third-order valence-electron chi connectivity index (χ3n) is 2.38. The van der Waals surface area contributed by atoms with E-state index in [4.69, 9.17) is 10.5 Å². The molecule has 9 heteroatoms. The van der Waals surface area contributed by atoms with Gasteiger partial charge in [0, 0.05) is 11.3 Å². The van der Waals surface area contributed by atoms with E-state index in [2.05, 4.69) is 4.74 Å². The monoisotopic (exact) mass is 317 g/mol. The Morgan fingerprint density at radius 3 is 2.14 bits per heavy atom. The van der Waals surface area contributed by atoms with Gasteiger partial charge in [0.1, 0.15) is 5.75 Å². The molecule has 0 spiro atoms. The Balaban J connectivity index is 2.92. The predicted octanol–water partition coefficient (Wildman–Crippen LogP) is 3.68. The highest BCUT2D eigenvalue weighted by atomic mass is 19.4. The van der Waals surface area contributed by atoms with E-state index >= 15 is 0 Å². The fourth-order valence-corrected chi connectivity index (χ4v) is 1.56. The SMILES string of the molecule is CCOc1ccc(N)cc1COC(C(F)(F)F)C(F)(F)F. The first kappa shape index (κ1) is 17.4. The maximum atomic E-state index is 12.3. The lowest BCUT2D eigenvalue weighted by Crippen LogP contribution is -2.44. The van der Waals surface area contributed by atoms with E-state index in [0.717, 1.165) is 0 Å². The number of halogens is 6. The summed E-state index contributed by atoms with van der Waals surface area (Å²) >= 11 is 0. The van der Waals surface area contributed by atoms with Crippen molar-refractivity contribution in [3.05, 3.63) is 23.8 Å². The molecular formula is C12H13F6NO2. The Morgan fingerprint density at radius 2 is 1.67 bits per heavy atom. The first-order valence-corrected chi connectivity index (χ1v) is 5.82. The van der Waals surface area contributed by atoms with Gasteiger partial charge in [0.2, 0.25) is 6.10 Å². The van der Waals surface area contributed by atoms with Crippen molar-refractivity contribution in [2.45, 2.75) is 32.0 Å². The Hall–Kier alpha value is -1.64. The van der Waals surface area contributed by atoms with Gasteiger partial charge in [-0.3, -0.25) is 0 Å². The lowest BCUT2D eigenvalue weighted by atomic mass is 10.2. The van der Waals surface area contributed by atoms with Crippen LogP contribution in [0.25, 0.3) is 0 Å². The van der Waals surface area contributed by atoms with Crippen LogP contribution in [0.4, 0.5) is 32.0 Å². The van der Waals surface area contributed by atoms with Gasteiger partial charge in [0.15, 0.2) is 0 Å². The van der Waals surface area contributed by atoms with Gasteiger partial charge >= 0.3 is 12.4 Å². The number of hydrogen-bond acceptors (Lipinski definition) is 3. The van der Waals surface area contributed by atoms with Crippen molar-refractivity contribution < 1.29 is 35.8 Å². The van der Waals surface area contributed by atoms with Gasteiger partial charge in [-0.25, -0.2) is 0 Å². The highest BCUT2D eigenvalue weighted by molar-refractivity contribution is 5.47. The van der Waals surface area contributed by atoms with Crippen molar-refractivity contribution in [1.82, 2.24) is 0 Å². The molecule has 0 aliphatic rings. The number of rotatable bonds is 5. The van der Waals surface area contributed by atoms with Gasteiger partial charge in [-0.2, -0.15) is 26.3 Å². The molecule has 1 aromatic carbocycles. The number of anilines is 1. The quantitative estimate of drug-likeness (QED) is 0.665. The van der Waals surface area contributed by atoms with Gasteiger partial charge in [-0.15, -0.1) is 0 Å². The molecule has 0 aliphatic heterocycles. The average molecular weight is 317 g/mol. The summed E-state index contributed by atoms with van der Waals surface area (Å²) in [7, 11) is 0. The fraction of sp³-hybridized carbons (Fsp3) is 0.500. The van der Waals surface area contributed by atoms with Crippen LogP contribution in [-0.4, -0.2) is 25.1 Å². The molecule has 0 saturated carbocycles. The second-order valence-corrected chi connectivity index (χ2v) is 4.07. The van der Waals surface area contributed by atoms with Crippen molar-refractivity contribution in [1.29, 1.82) is 0 Å². The first-order chi connectivity index (χ1) is 9.55. The molecule has 0 saturated heterocycles. The van der Waals surface area contributed by atoms with Crippen LogP contribution in [0, 0.1) is 0 Å². The molecular weight excluding hydrogens is 304 g/mol. The van der Waals surface area contributed by atoms with Crippen LogP contribution >= 0.6 is 0 Å². The fourth-order valence-electron chi connectivity index (χ4n) is 1.56. The third kappa shape index (κ3) is 5.00. The van der Waals surface area contributed by atoms with Crippen LogP contribution < -0.4 is 10.5 Å². The van der Waals surface area contributed by atoms with E-state index in [0.29, 0.717) is 0 Å². The van der Waals surface area contributed by atoms with Crippen molar-refractivity contribution in [2.24, 2.45) is 0 Å². The molecule has 0 fully saturated rings. The highest BCUT2D eigenvalue weighted by Crippen LogP contribution is 2.36. The van der Waals surface area contributed by atoms with Crippen LogP contribution in [0.15, 0.2) is 18.2 Å². The minimum absolute atomic E-state index is 0.00958. The van der Waals surface area contributed by atoms with E-state index in [1.54, 1.807) is 6.92 Å². The standard InChI is InChI=1S/C12H13F6NO2/c1-2-20-9-4-3-8(19)5-7(9)6-21-10(11(13,14)15)12(16,17)18/h3-5,10H,2,6,19H2,1H3. The number of hydrogen-bond donors (Lipinski definition) is 1. The minimum atomic E-state index is -5.55. The second-order valence-electron chi connectivity index (χ2n) is 4.07. The van der Waals surface area contributed by atoms with E-state index in [1.165, 1.54) is 18.2 Å². The molecule has 21 heavy (non-hydrogen) atoms. The number of alkyl halides is 6. The van der Waals surface area contributed by atoms with Gasteiger partial charge in [0.25, 0.3) is 0 Å². The van der Waals surface area contributed by atoms with E-state index in [-0.39, 0.29) is 23.6 Å². The smallest absolute Gasteiger partial charge is 0.423 e. The lowest BCUT2D eigenvalue weighted by molar-refractivity contribution is -0.324. The molecule has 1 rings (SSSR count). The zero-order valence-electron chi connectivity index (χ0n) is 10.9. The van der Waals surface area contributed by atoms with Crippen LogP contribution in [0.1, 0.15) is 12.5 Å². The summed E-state index contributed by atoms with van der Waals surface area (Å²) in [5.41, 5.74) is 5.63. The normalized spacial score (nSPS) is 12.8. The summed E-state index contributed by atoms with van der Waals surface area (Å²) in [5, 5.41) is 0. The number of nitrogen functional groups attached to an aromatic ring is 1. The Labute approximate surface area is 116 Å². The molecule has 1 aromatic rings. The largest absolute Gasteiger partial charge is 0.494 e. The molecule has 0 aromatic heterocycles. The summed E-state index contributed by atoms with van der Waals surface area (Å²) in [6.07, 6.45) is -15.0. The van der Waals surface area contributed by atoms with Gasteiger partial charge in [-0.05, 0) is 25.1 Å². The lowest BCUT2D eigenvalue weighted by Gasteiger charge is -2.23. The molecule has 0 radical (unpaired) electrons. The Kier molecular flexibility index (Phi) is 5.32. The van der Waals surface area contributed by atoms with Gasteiger partial charge < -0.3 is 15.2 Å². The molecule has 3 nitrogen and oxygen atoms in total. The summed E-state index contributed by atoms with van der Waals surface area (Å²) in [5.74, 6) is 0.120. The molecule has 0 unspecified atom stereocenters. The third-order valence-corrected chi connectivity index (χ3v) is 2.38. The second kappa shape index (κ2) is 6.42. The van der Waals surface area contributed by atoms with Crippen molar-refractivity contribution in [3.63, 3.8) is 0 Å². The molecule has 0 heterocycles. The van der Waals surface area contributed by atoms with Crippen molar-refractivity contribution in [3.8, 4) is 5.75 Å². The molecule has 2 N–H and O–H groups in total. The summed E-state index contributed by atoms with van der Waals surface area (Å²) < 4.78 is 83.2. The topological polar surface area (TPSA) is 44.5 Å². The van der Waals surface area contributed by atoms with Crippen molar-refractivity contribution >= 4 is 5.69 Å². The summed E-state index contributed by atoms with van der Waals surface area (Å²) in [6.45, 7) is 0.887.